The molecule has 0 bridgehead atoms. The molecule has 1 heterocycles. The molecule has 0 aliphatic carbocycles. The molecule has 1 aromatic carbocycles. The van der Waals surface area contributed by atoms with Gasteiger partial charge in [-0.25, -0.2) is 0 Å². The van der Waals surface area contributed by atoms with Crippen LogP contribution in [0.1, 0.15) is 6.92 Å². The smallest absolute Gasteiger partial charge is 0.325 e. The number of halogens is 1. The van der Waals surface area contributed by atoms with Gasteiger partial charge >= 0.3 is 5.97 Å². The van der Waals surface area contributed by atoms with Gasteiger partial charge in [-0.15, -0.1) is 12.4 Å². The quantitative estimate of drug-likeness (QED) is 0.839. The molecule has 2 rings (SSSR count). The number of carbonyl (C=O) groups excluding carboxylic acids is 1. The fourth-order valence-electron chi connectivity index (χ4n) is 1.87. The Morgan fingerprint density at radius 2 is 2.24 bits per heavy atom. The maximum absolute atomic E-state index is 11.4. The molecule has 1 aromatic rings. The second-order valence-corrected chi connectivity index (χ2v) is 3.67. The Balaban J connectivity index is 0.00000144. The van der Waals surface area contributed by atoms with E-state index in [0.717, 1.165) is 24.5 Å². The van der Waals surface area contributed by atoms with E-state index in [1.54, 1.807) is 0 Å². The first kappa shape index (κ1) is 13.6. The monoisotopic (exact) mass is 256 g/mol. The number of ether oxygens (including phenoxy) is 1. The van der Waals surface area contributed by atoms with Gasteiger partial charge in [0.15, 0.2) is 0 Å². The summed E-state index contributed by atoms with van der Waals surface area (Å²) >= 11 is 0. The molecule has 0 radical (unpaired) electrons. The average molecular weight is 257 g/mol. The molecule has 0 saturated carbocycles. The molecule has 94 valence electrons. The third-order valence-electron chi connectivity index (χ3n) is 2.57. The summed E-state index contributed by atoms with van der Waals surface area (Å²) < 4.78 is 4.96. The molecule has 1 N–H and O–H groups in total. The number of rotatable bonds is 3. The third-order valence-corrected chi connectivity index (χ3v) is 2.57. The van der Waals surface area contributed by atoms with Crippen molar-refractivity contribution in [1.82, 2.24) is 0 Å². The highest BCUT2D eigenvalue weighted by atomic mass is 35.5. The highest BCUT2D eigenvalue weighted by Gasteiger charge is 2.18. The van der Waals surface area contributed by atoms with E-state index in [9.17, 15) is 4.79 Å². The van der Waals surface area contributed by atoms with Crippen LogP contribution in [0.5, 0.6) is 0 Å². The van der Waals surface area contributed by atoms with Crippen LogP contribution in [-0.2, 0) is 9.53 Å². The van der Waals surface area contributed by atoms with Crippen LogP contribution in [0, 0.1) is 0 Å². The van der Waals surface area contributed by atoms with E-state index >= 15 is 0 Å². The Bertz CT molecular complexity index is 385. The summed E-state index contributed by atoms with van der Waals surface area (Å²) in [6.45, 7) is 4.27. The van der Waals surface area contributed by atoms with Crippen LogP contribution >= 0.6 is 12.4 Å². The minimum absolute atomic E-state index is 0. The van der Waals surface area contributed by atoms with E-state index in [1.165, 1.54) is 0 Å². The van der Waals surface area contributed by atoms with Crippen molar-refractivity contribution in [2.45, 2.75) is 6.92 Å². The van der Waals surface area contributed by atoms with E-state index < -0.39 is 0 Å². The van der Waals surface area contributed by atoms with Crippen molar-refractivity contribution in [3.05, 3.63) is 24.3 Å². The molecule has 0 aromatic heterocycles. The average Bonchev–Trinajstić information content (AvgIpc) is 2.30. The molecule has 5 heteroatoms. The summed E-state index contributed by atoms with van der Waals surface area (Å²) in [6, 6.07) is 8.00. The van der Waals surface area contributed by atoms with E-state index in [2.05, 4.69) is 5.32 Å². The minimum Gasteiger partial charge on any atom is -0.465 e. The molecular formula is C12H17ClN2O2. The van der Waals surface area contributed by atoms with Crippen LogP contribution in [-0.4, -0.2) is 32.2 Å². The molecule has 4 nitrogen and oxygen atoms in total. The number of esters is 1. The zero-order valence-corrected chi connectivity index (χ0v) is 10.6. The van der Waals surface area contributed by atoms with Gasteiger partial charge in [-0.05, 0) is 19.1 Å². The van der Waals surface area contributed by atoms with Gasteiger partial charge in [-0.3, -0.25) is 4.79 Å². The van der Waals surface area contributed by atoms with Crippen molar-refractivity contribution < 1.29 is 9.53 Å². The molecular weight excluding hydrogens is 240 g/mol. The fourth-order valence-corrected chi connectivity index (χ4v) is 1.87. The van der Waals surface area contributed by atoms with Gasteiger partial charge in [0.25, 0.3) is 0 Å². The van der Waals surface area contributed by atoms with Crippen molar-refractivity contribution in [2.75, 3.05) is 36.5 Å². The van der Waals surface area contributed by atoms with Gasteiger partial charge < -0.3 is 15.0 Å². The fraction of sp³-hybridized carbons (Fsp3) is 0.417. The number of anilines is 2. The Kier molecular flexibility index (Phi) is 5.10. The topological polar surface area (TPSA) is 41.6 Å². The molecule has 0 fully saturated rings. The molecule has 0 saturated heterocycles. The maximum atomic E-state index is 11.4. The van der Waals surface area contributed by atoms with Crippen LogP contribution in [0.2, 0.25) is 0 Å². The van der Waals surface area contributed by atoms with Gasteiger partial charge in [0.2, 0.25) is 0 Å². The van der Waals surface area contributed by atoms with Crippen molar-refractivity contribution in [1.29, 1.82) is 0 Å². The SMILES string of the molecule is CCOC(=O)CN1CCNc2ccccc21.Cl. The number of carbonyl (C=O) groups is 1. The van der Waals surface area contributed by atoms with Crippen LogP contribution in [0.15, 0.2) is 24.3 Å². The number of hydrogen-bond acceptors (Lipinski definition) is 4. The van der Waals surface area contributed by atoms with Crippen molar-refractivity contribution in [2.24, 2.45) is 0 Å². The lowest BCUT2D eigenvalue weighted by Gasteiger charge is -2.31. The molecule has 0 amide bonds. The summed E-state index contributed by atoms with van der Waals surface area (Å²) in [5.41, 5.74) is 2.15. The summed E-state index contributed by atoms with van der Waals surface area (Å²) in [5, 5.41) is 3.30. The van der Waals surface area contributed by atoms with E-state index in [4.69, 9.17) is 4.74 Å². The number of fused-ring (bicyclic) bond motifs is 1. The largest absolute Gasteiger partial charge is 0.465 e. The standard InChI is InChI=1S/C12H16N2O2.ClH/c1-2-16-12(15)9-14-8-7-13-10-5-3-4-6-11(10)14;/h3-6,13H,2,7-9H2,1H3;1H. The Labute approximate surface area is 107 Å². The zero-order chi connectivity index (χ0) is 11.4. The molecule has 1 aliphatic heterocycles. The Morgan fingerprint density at radius 3 is 3.00 bits per heavy atom. The van der Waals surface area contributed by atoms with Gasteiger partial charge in [0.05, 0.1) is 18.0 Å². The summed E-state index contributed by atoms with van der Waals surface area (Å²) in [6.07, 6.45) is 0. The number of nitrogens with one attached hydrogen (secondary N) is 1. The van der Waals surface area contributed by atoms with Gasteiger partial charge in [-0.2, -0.15) is 0 Å². The number of benzene rings is 1. The van der Waals surface area contributed by atoms with Crippen LogP contribution in [0.3, 0.4) is 0 Å². The predicted octanol–water partition coefficient (Wildman–Crippen LogP) is 1.90. The van der Waals surface area contributed by atoms with E-state index in [0.29, 0.717) is 13.2 Å². The minimum atomic E-state index is -0.167. The van der Waals surface area contributed by atoms with E-state index in [1.807, 2.05) is 36.1 Å². The predicted molar refractivity (Wildman–Crippen MR) is 71.0 cm³/mol. The molecule has 17 heavy (non-hydrogen) atoms. The number of hydrogen-bond donors (Lipinski definition) is 1. The second kappa shape index (κ2) is 6.35. The van der Waals surface area contributed by atoms with Crippen molar-refractivity contribution >= 4 is 29.8 Å². The lowest BCUT2D eigenvalue weighted by Crippen LogP contribution is -2.38. The van der Waals surface area contributed by atoms with Gasteiger partial charge in [0, 0.05) is 13.1 Å². The number of nitrogens with zero attached hydrogens (tertiary/aromatic N) is 1. The Morgan fingerprint density at radius 1 is 1.47 bits per heavy atom. The van der Waals surface area contributed by atoms with E-state index in [-0.39, 0.29) is 18.4 Å². The van der Waals surface area contributed by atoms with Crippen LogP contribution < -0.4 is 10.2 Å². The first-order valence-electron chi connectivity index (χ1n) is 5.54. The van der Waals surface area contributed by atoms with Crippen molar-refractivity contribution in [3.63, 3.8) is 0 Å². The Hall–Kier alpha value is -1.42. The second-order valence-electron chi connectivity index (χ2n) is 3.67. The lowest BCUT2D eigenvalue weighted by molar-refractivity contribution is -0.141. The van der Waals surface area contributed by atoms with Crippen LogP contribution in [0.25, 0.3) is 0 Å². The summed E-state index contributed by atoms with van der Waals surface area (Å²) in [7, 11) is 0. The van der Waals surface area contributed by atoms with Gasteiger partial charge in [0.1, 0.15) is 6.54 Å². The first-order valence-corrected chi connectivity index (χ1v) is 5.54. The maximum Gasteiger partial charge on any atom is 0.325 e. The normalized spacial score (nSPS) is 13.1. The summed E-state index contributed by atoms with van der Waals surface area (Å²) in [5.74, 6) is -0.167. The molecule has 0 atom stereocenters. The molecule has 1 aliphatic rings. The third kappa shape index (κ3) is 3.27. The first-order chi connectivity index (χ1) is 7.81. The lowest BCUT2D eigenvalue weighted by atomic mass is 10.2. The molecule has 0 spiro atoms. The van der Waals surface area contributed by atoms with Crippen molar-refractivity contribution in [3.8, 4) is 0 Å². The number of para-hydroxylation sites is 2. The zero-order valence-electron chi connectivity index (χ0n) is 9.81. The summed E-state index contributed by atoms with van der Waals surface area (Å²) in [4.78, 5) is 13.5. The highest BCUT2D eigenvalue weighted by Crippen LogP contribution is 2.27. The molecule has 0 unspecified atom stereocenters. The highest BCUT2D eigenvalue weighted by molar-refractivity contribution is 5.85. The van der Waals surface area contributed by atoms with Crippen LogP contribution in [0.4, 0.5) is 11.4 Å². The van der Waals surface area contributed by atoms with Gasteiger partial charge in [-0.1, -0.05) is 12.1 Å².